The Labute approximate surface area is 286 Å². The summed E-state index contributed by atoms with van der Waals surface area (Å²) in [4.78, 5) is 33.8. The Morgan fingerprint density at radius 3 is 1.89 bits per heavy atom. The van der Waals surface area contributed by atoms with Crippen molar-refractivity contribution in [2.45, 2.75) is 46.6 Å². The van der Waals surface area contributed by atoms with Crippen molar-refractivity contribution in [1.29, 1.82) is 0 Å². The average Bonchev–Trinajstić information content (AvgIpc) is 3.01. The Kier molecular flexibility index (Phi) is 9.69. The van der Waals surface area contributed by atoms with Gasteiger partial charge in [-0.25, -0.2) is 0 Å². The minimum Gasteiger partial charge on any atom is -0.493 e. The largest absolute Gasteiger partial charge is 0.493 e. The van der Waals surface area contributed by atoms with Crippen LogP contribution < -0.4 is 26.3 Å². The number of ether oxygens (including phenoxy) is 2. The van der Waals surface area contributed by atoms with Crippen LogP contribution >= 0.6 is 27.5 Å². The summed E-state index contributed by atoms with van der Waals surface area (Å²) in [6.45, 7) is 10.3. The fraction of sp³-hybridized carbons (Fsp3) is 0.333. The van der Waals surface area contributed by atoms with Gasteiger partial charge in [-0.15, -0.1) is 0 Å². The van der Waals surface area contributed by atoms with Crippen LogP contribution in [0.25, 0.3) is 43.4 Å². The number of pyridine rings is 4. The van der Waals surface area contributed by atoms with Crippen molar-refractivity contribution in [3.8, 4) is 11.5 Å². The Hall–Kier alpha value is -3.99. The van der Waals surface area contributed by atoms with Gasteiger partial charge < -0.3 is 24.3 Å². The number of hydrogen-bond acceptors (Lipinski definition) is 7. The normalized spacial score (nSPS) is 12.9. The highest BCUT2D eigenvalue weighted by atomic mass is 79.9. The third-order valence-corrected chi connectivity index (χ3v) is 9.57. The lowest BCUT2D eigenvalue weighted by molar-refractivity contribution is 0.200. The number of hydrogen-bond donors (Lipinski definition) is 1. The van der Waals surface area contributed by atoms with E-state index in [2.05, 4.69) is 39.7 Å². The van der Waals surface area contributed by atoms with Crippen LogP contribution in [0.2, 0.25) is 5.02 Å². The van der Waals surface area contributed by atoms with E-state index in [1.165, 1.54) is 0 Å². The first kappa shape index (κ1) is 34.3. The average molecular weight is 721 g/mol. The predicted molar refractivity (Wildman–Crippen MR) is 195 cm³/mol. The number of nitrogens with zero attached hydrogens (tertiary/aromatic N) is 4. The summed E-state index contributed by atoms with van der Waals surface area (Å²) in [6, 6.07) is 11.3. The van der Waals surface area contributed by atoms with E-state index >= 15 is 0 Å². The van der Waals surface area contributed by atoms with Gasteiger partial charge in [0.15, 0.2) is 11.5 Å². The standard InChI is InChI=1S/C22H29N3O3.C14H10BrClN2O/c1-13(2)11-22(4,23)12-28-19-10-17-16(9-18(19)27-6)15-7-8-24-14(3)20(15)21(26)25(17)5;1-7-13-8(3-4-17-7)9-5-10(15)11(16)6-12(9)18(2)14(13)19/h7-10,13H,11-12,23H2,1-6H3;3-6H,1-2H3. The van der Waals surface area contributed by atoms with Crippen molar-refractivity contribution in [2.24, 2.45) is 25.7 Å². The van der Waals surface area contributed by atoms with Gasteiger partial charge in [0.25, 0.3) is 11.1 Å². The van der Waals surface area contributed by atoms with Gasteiger partial charge in [0.2, 0.25) is 0 Å². The number of aryl methyl sites for hydroxylation is 4. The summed E-state index contributed by atoms with van der Waals surface area (Å²) in [5, 5.41) is 5.55. The molecule has 0 saturated heterocycles. The van der Waals surface area contributed by atoms with Crippen molar-refractivity contribution in [1.82, 2.24) is 19.1 Å². The molecule has 4 heterocycles. The topological polar surface area (TPSA) is 114 Å². The van der Waals surface area contributed by atoms with Crippen LogP contribution in [0.3, 0.4) is 0 Å². The van der Waals surface area contributed by atoms with Gasteiger partial charge in [0.05, 0.1) is 45.3 Å². The Morgan fingerprint density at radius 1 is 0.872 bits per heavy atom. The maximum Gasteiger partial charge on any atom is 0.260 e. The molecule has 0 spiro atoms. The number of aromatic nitrogens is 4. The molecular formula is C36H39BrClN5O4. The molecule has 9 nitrogen and oxygen atoms in total. The molecule has 0 saturated carbocycles. The number of halogens is 2. The molecule has 0 aliphatic rings. The number of rotatable bonds is 6. The molecule has 1 atom stereocenters. The Morgan fingerprint density at radius 2 is 1.38 bits per heavy atom. The molecule has 0 aliphatic heterocycles. The zero-order valence-corrected chi connectivity index (χ0v) is 30.2. The summed E-state index contributed by atoms with van der Waals surface area (Å²) in [5.41, 5.74) is 8.86. The molecule has 2 aromatic carbocycles. The maximum absolute atomic E-state index is 12.9. The molecule has 0 fully saturated rings. The lowest BCUT2D eigenvalue weighted by atomic mass is 9.93. The lowest BCUT2D eigenvalue weighted by Gasteiger charge is -2.27. The number of benzene rings is 2. The molecule has 0 amide bonds. The van der Waals surface area contributed by atoms with Crippen molar-refractivity contribution in [3.05, 3.63) is 90.4 Å². The molecule has 0 radical (unpaired) electrons. The molecule has 0 aliphatic carbocycles. The van der Waals surface area contributed by atoms with Gasteiger partial charge in [0, 0.05) is 58.7 Å². The van der Waals surface area contributed by atoms with Crippen LogP contribution in [0.5, 0.6) is 11.5 Å². The Bertz CT molecular complexity index is 2300. The zero-order chi connectivity index (χ0) is 34.4. The van der Waals surface area contributed by atoms with Gasteiger partial charge in [-0.3, -0.25) is 19.6 Å². The van der Waals surface area contributed by atoms with Crippen molar-refractivity contribution in [3.63, 3.8) is 0 Å². The van der Waals surface area contributed by atoms with Crippen LogP contribution in [0.4, 0.5) is 0 Å². The summed E-state index contributed by atoms with van der Waals surface area (Å²) in [7, 11) is 5.13. The zero-order valence-electron chi connectivity index (χ0n) is 27.9. The molecule has 2 N–H and O–H groups in total. The van der Waals surface area contributed by atoms with Crippen molar-refractivity contribution < 1.29 is 9.47 Å². The molecule has 0 bridgehead atoms. The first-order chi connectivity index (χ1) is 22.1. The second kappa shape index (κ2) is 13.3. The number of fused-ring (bicyclic) bond motifs is 6. The fourth-order valence-corrected chi connectivity index (χ4v) is 6.76. The molecular weight excluding hydrogens is 682 g/mol. The van der Waals surface area contributed by atoms with Crippen LogP contribution in [-0.4, -0.2) is 38.4 Å². The molecule has 246 valence electrons. The smallest absolute Gasteiger partial charge is 0.260 e. The second-order valence-electron chi connectivity index (χ2n) is 12.7. The SMILES string of the molecule is COc1cc2c3ccnc(C)c3c(=O)n(C)c2cc1OCC(C)(N)CC(C)C.Cc1nccc2c1c(=O)n(C)c1cc(Cl)c(Br)cc21. The van der Waals surface area contributed by atoms with Gasteiger partial charge >= 0.3 is 0 Å². The lowest BCUT2D eigenvalue weighted by Crippen LogP contribution is -2.43. The molecule has 47 heavy (non-hydrogen) atoms. The van der Waals surface area contributed by atoms with E-state index in [1.54, 1.807) is 48.8 Å². The van der Waals surface area contributed by atoms with E-state index in [0.717, 1.165) is 49.2 Å². The first-order valence-electron chi connectivity index (χ1n) is 15.3. The van der Waals surface area contributed by atoms with Gasteiger partial charge in [-0.05, 0) is 84.8 Å². The highest BCUT2D eigenvalue weighted by Gasteiger charge is 2.23. The van der Waals surface area contributed by atoms with Crippen LogP contribution in [0, 0.1) is 19.8 Å². The van der Waals surface area contributed by atoms with E-state index in [0.29, 0.717) is 45.5 Å². The summed E-state index contributed by atoms with van der Waals surface area (Å²) in [6.07, 6.45) is 4.29. The van der Waals surface area contributed by atoms with E-state index in [9.17, 15) is 9.59 Å². The maximum atomic E-state index is 12.9. The molecule has 11 heteroatoms. The van der Waals surface area contributed by atoms with Gasteiger partial charge in [0.1, 0.15) is 6.61 Å². The van der Waals surface area contributed by atoms with E-state index in [-0.39, 0.29) is 11.1 Å². The summed E-state index contributed by atoms with van der Waals surface area (Å²) >= 11 is 9.55. The molecule has 6 rings (SSSR count). The minimum absolute atomic E-state index is 0.0495. The van der Waals surface area contributed by atoms with Crippen LogP contribution in [0.15, 0.2) is 62.9 Å². The highest BCUT2D eigenvalue weighted by molar-refractivity contribution is 9.10. The Balaban J connectivity index is 0.000000198. The van der Waals surface area contributed by atoms with E-state index < -0.39 is 5.54 Å². The highest BCUT2D eigenvalue weighted by Crippen LogP contribution is 2.36. The minimum atomic E-state index is -0.452. The van der Waals surface area contributed by atoms with E-state index in [1.807, 2.05) is 51.1 Å². The monoisotopic (exact) mass is 719 g/mol. The van der Waals surface area contributed by atoms with Crippen molar-refractivity contribution in [2.75, 3.05) is 13.7 Å². The third-order valence-electron chi connectivity index (χ3n) is 8.37. The summed E-state index contributed by atoms with van der Waals surface area (Å²) < 4.78 is 15.7. The van der Waals surface area contributed by atoms with Gasteiger partial charge in [-0.1, -0.05) is 25.4 Å². The predicted octanol–water partition coefficient (Wildman–Crippen LogP) is 7.36. The summed E-state index contributed by atoms with van der Waals surface area (Å²) in [5.74, 6) is 1.67. The second-order valence-corrected chi connectivity index (χ2v) is 14.0. The quantitative estimate of drug-likeness (QED) is 0.179. The van der Waals surface area contributed by atoms with Gasteiger partial charge in [-0.2, -0.15) is 0 Å². The number of nitrogens with two attached hydrogens (primary N) is 1. The van der Waals surface area contributed by atoms with Crippen molar-refractivity contribution >= 4 is 70.9 Å². The van der Waals surface area contributed by atoms with Crippen LogP contribution in [-0.2, 0) is 14.1 Å². The van der Waals surface area contributed by atoms with Crippen LogP contribution in [0.1, 0.15) is 38.6 Å². The fourth-order valence-electron chi connectivity index (χ4n) is 6.25. The molecule has 1 unspecified atom stereocenters. The first-order valence-corrected chi connectivity index (χ1v) is 16.4. The third kappa shape index (κ3) is 6.59. The van der Waals surface area contributed by atoms with E-state index in [4.69, 9.17) is 26.8 Å². The molecule has 6 aromatic rings. The molecule has 4 aromatic heterocycles. The number of methoxy groups -OCH3 is 1.